The van der Waals surface area contributed by atoms with E-state index >= 15 is 0 Å². The van der Waals surface area contributed by atoms with Crippen molar-refractivity contribution in [3.63, 3.8) is 0 Å². The van der Waals surface area contributed by atoms with E-state index in [-0.39, 0.29) is 17.9 Å². The van der Waals surface area contributed by atoms with Gasteiger partial charge in [-0.1, -0.05) is 38.3 Å². The Hall–Kier alpha value is -2.15. The Labute approximate surface area is 187 Å². The number of rotatable bonds is 5. The molecule has 1 aromatic heterocycles. The summed E-state index contributed by atoms with van der Waals surface area (Å²) in [5, 5.41) is 16.3. The van der Waals surface area contributed by atoms with Gasteiger partial charge in [0.15, 0.2) is 0 Å². The molecule has 0 unspecified atom stereocenters. The van der Waals surface area contributed by atoms with Crippen LogP contribution in [0.25, 0.3) is 0 Å². The number of allylic oxidation sites excluding steroid dienone is 2. The van der Waals surface area contributed by atoms with Gasteiger partial charge in [0.05, 0.1) is 17.4 Å². The zero-order valence-electron chi connectivity index (χ0n) is 18.1. The first-order valence-electron chi connectivity index (χ1n) is 11.6. The lowest BCUT2D eigenvalue weighted by atomic mass is 9.82. The van der Waals surface area contributed by atoms with Gasteiger partial charge >= 0.3 is 5.97 Å². The fraction of sp³-hybridized carbons (Fsp3) is 0.625. The SMILES string of the molecule is C[C@@H]1CCc2c(sc(NC(=O)[C@@H]3CC=CC[C@@H]3C(=O)O)c2C(=O)NC2CCCCC2)C1. The zero-order chi connectivity index (χ0) is 22.0. The molecule has 6 nitrogen and oxygen atoms in total. The van der Waals surface area contributed by atoms with Crippen LogP contribution in [0.1, 0.15) is 79.1 Å². The van der Waals surface area contributed by atoms with E-state index < -0.39 is 17.8 Å². The van der Waals surface area contributed by atoms with Gasteiger partial charge in [-0.25, -0.2) is 0 Å². The van der Waals surface area contributed by atoms with E-state index in [9.17, 15) is 19.5 Å². The standard InChI is InChI=1S/C24H32N2O4S/c1-14-11-12-18-19(13-14)31-23(20(18)22(28)25-15-7-3-2-4-8-15)26-21(27)16-9-5-6-10-17(16)24(29)30/h5-6,14-17H,2-4,7-13H2,1H3,(H,25,28)(H,26,27)(H,29,30)/t14-,16-,17+/m1/s1. The summed E-state index contributed by atoms with van der Waals surface area (Å²) in [5.41, 5.74) is 1.69. The number of carbonyl (C=O) groups is 3. The van der Waals surface area contributed by atoms with Crippen molar-refractivity contribution >= 4 is 34.1 Å². The van der Waals surface area contributed by atoms with Gasteiger partial charge in [0.2, 0.25) is 5.91 Å². The molecule has 0 aromatic carbocycles. The highest BCUT2D eigenvalue weighted by Gasteiger charge is 2.36. The summed E-state index contributed by atoms with van der Waals surface area (Å²) in [7, 11) is 0. The summed E-state index contributed by atoms with van der Waals surface area (Å²) in [6.45, 7) is 2.22. The van der Waals surface area contributed by atoms with E-state index in [1.54, 1.807) is 0 Å². The number of nitrogens with one attached hydrogen (secondary N) is 2. The average Bonchev–Trinajstić information content (AvgIpc) is 3.11. The number of aliphatic carboxylic acids is 1. The van der Waals surface area contributed by atoms with Crippen LogP contribution in [0.15, 0.2) is 12.2 Å². The molecule has 1 saturated carbocycles. The second-order valence-electron chi connectivity index (χ2n) is 9.35. The van der Waals surface area contributed by atoms with Crippen molar-refractivity contribution in [1.29, 1.82) is 0 Å². The maximum atomic E-state index is 13.3. The lowest BCUT2D eigenvalue weighted by Crippen LogP contribution is -2.38. The molecule has 7 heteroatoms. The predicted octanol–water partition coefficient (Wildman–Crippen LogP) is 4.54. The normalized spacial score (nSPS) is 26.2. The lowest BCUT2D eigenvalue weighted by molar-refractivity contribution is -0.146. The zero-order valence-corrected chi connectivity index (χ0v) is 18.9. The Balaban J connectivity index is 1.59. The van der Waals surface area contributed by atoms with Gasteiger partial charge in [0, 0.05) is 10.9 Å². The summed E-state index contributed by atoms with van der Waals surface area (Å²) < 4.78 is 0. The van der Waals surface area contributed by atoms with Crippen molar-refractivity contribution in [3.8, 4) is 0 Å². The predicted molar refractivity (Wildman–Crippen MR) is 121 cm³/mol. The Kier molecular flexibility index (Phi) is 6.80. The molecule has 3 N–H and O–H groups in total. The summed E-state index contributed by atoms with van der Waals surface area (Å²) in [4.78, 5) is 39.2. The fourth-order valence-electron chi connectivity index (χ4n) is 5.17. The smallest absolute Gasteiger partial charge is 0.307 e. The number of hydrogen-bond donors (Lipinski definition) is 3. The average molecular weight is 445 g/mol. The van der Waals surface area contributed by atoms with Crippen LogP contribution in [0.5, 0.6) is 0 Å². The van der Waals surface area contributed by atoms with Crippen molar-refractivity contribution < 1.29 is 19.5 Å². The Morgan fingerprint density at radius 3 is 2.45 bits per heavy atom. The fourth-order valence-corrected chi connectivity index (χ4v) is 6.58. The molecule has 3 aliphatic carbocycles. The molecule has 0 bridgehead atoms. The lowest BCUT2D eigenvalue weighted by Gasteiger charge is -2.25. The highest BCUT2D eigenvalue weighted by Crippen LogP contribution is 2.40. The highest BCUT2D eigenvalue weighted by molar-refractivity contribution is 7.17. The molecule has 0 radical (unpaired) electrons. The third-order valence-electron chi connectivity index (χ3n) is 7.00. The van der Waals surface area contributed by atoms with E-state index in [1.807, 2.05) is 12.2 Å². The molecular formula is C24H32N2O4S. The summed E-state index contributed by atoms with van der Waals surface area (Å²) in [6.07, 6.45) is 12.8. The van der Waals surface area contributed by atoms with Crippen molar-refractivity contribution in [2.45, 2.75) is 77.2 Å². The van der Waals surface area contributed by atoms with E-state index in [4.69, 9.17) is 0 Å². The first kappa shape index (κ1) is 22.1. The van der Waals surface area contributed by atoms with Crippen molar-refractivity contribution in [3.05, 3.63) is 28.2 Å². The second-order valence-corrected chi connectivity index (χ2v) is 10.5. The van der Waals surface area contributed by atoms with Crippen LogP contribution in [0.2, 0.25) is 0 Å². The minimum atomic E-state index is -0.945. The number of thiophene rings is 1. The van der Waals surface area contributed by atoms with Crippen LogP contribution in [0.4, 0.5) is 5.00 Å². The molecule has 4 rings (SSSR count). The van der Waals surface area contributed by atoms with E-state index in [0.29, 0.717) is 29.3 Å². The summed E-state index contributed by atoms with van der Waals surface area (Å²) in [5.74, 6) is -2.11. The van der Waals surface area contributed by atoms with Crippen LogP contribution >= 0.6 is 11.3 Å². The number of anilines is 1. The molecule has 3 aliphatic rings. The molecule has 0 aliphatic heterocycles. The Morgan fingerprint density at radius 2 is 1.74 bits per heavy atom. The van der Waals surface area contributed by atoms with E-state index in [0.717, 1.165) is 50.5 Å². The van der Waals surface area contributed by atoms with Gasteiger partial charge in [-0.05, 0) is 56.4 Å². The van der Waals surface area contributed by atoms with Crippen molar-refractivity contribution in [2.24, 2.45) is 17.8 Å². The van der Waals surface area contributed by atoms with Crippen LogP contribution < -0.4 is 10.6 Å². The number of carboxylic acids is 1. The quantitative estimate of drug-likeness (QED) is 0.581. The number of carbonyl (C=O) groups excluding carboxylic acids is 2. The van der Waals surface area contributed by atoms with Gasteiger partial charge < -0.3 is 15.7 Å². The molecular weight excluding hydrogens is 412 g/mol. The molecule has 0 saturated heterocycles. The molecule has 1 fully saturated rings. The molecule has 2 amide bonds. The van der Waals surface area contributed by atoms with E-state index in [1.165, 1.54) is 22.6 Å². The van der Waals surface area contributed by atoms with Gasteiger partial charge in [0.25, 0.3) is 5.91 Å². The highest BCUT2D eigenvalue weighted by atomic mass is 32.1. The topological polar surface area (TPSA) is 95.5 Å². The van der Waals surface area contributed by atoms with Gasteiger partial charge in [-0.15, -0.1) is 11.3 Å². The summed E-state index contributed by atoms with van der Waals surface area (Å²) >= 11 is 1.50. The van der Waals surface area contributed by atoms with Crippen LogP contribution in [0, 0.1) is 17.8 Å². The Morgan fingerprint density at radius 1 is 1.03 bits per heavy atom. The molecule has 1 aromatic rings. The van der Waals surface area contributed by atoms with E-state index in [2.05, 4.69) is 17.6 Å². The second kappa shape index (κ2) is 9.55. The number of hydrogen-bond acceptors (Lipinski definition) is 4. The molecule has 3 atom stereocenters. The minimum absolute atomic E-state index is 0.0902. The number of fused-ring (bicyclic) bond motifs is 1. The minimum Gasteiger partial charge on any atom is -0.481 e. The van der Waals surface area contributed by atoms with Crippen LogP contribution in [-0.4, -0.2) is 28.9 Å². The molecule has 1 heterocycles. The Bertz CT molecular complexity index is 884. The van der Waals surface area contributed by atoms with Crippen LogP contribution in [-0.2, 0) is 22.4 Å². The van der Waals surface area contributed by atoms with Gasteiger partial charge in [-0.3, -0.25) is 14.4 Å². The monoisotopic (exact) mass is 444 g/mol. The largest absolute Gasteiger partial charge is 0.481 e. The molecule has 0 spiro atoms. The van der Waals surface area contributed by atoms with Gasteiger partial charge in [0.1, 0.15) is 5.00 Å². The number of amides is 2. The summed E-state index contributed by atoms with van der Waals surface area (Å²) in [6, 6.07) is 0.197. The van der Waals surface area contributed by atoms with Crippen molar-refractivity contribution in [1.82, 2.24) is 5.32 Å². The number of carboxylic acid groups (broad SMARTS) is 1. The van der Waals surface area contributed by atoms with Crippen LogP contribution in [0.3, 0.4) is 0 Å². The van der Waals surface area contributed by atoms with Crippen molar-refractivity contribution in [2.75, 3.05) is 5.32 Å². The first-order chi connectivity index (χ1) is 14.9. The maximum absolute atomic E-state index is 13.3. The molecule has 168 valence electrons. The third-order valence-corrected chi connectivity index (χ3v) is 8.17. The maximum Gasteiger partial charge on any atom is 0.307 e. The van der Waals surface area contributed by atoms with Gasteiger partial charge in [-0.2, -0.15) is 0 Å². The molecule has 31 heavy (non-hydrogen) atoms. The third kappa shape index (κ3) is 4.86. The first-order valence-corrected chi connectivity index (χ1v) is 12.4.